The van der Waals surface area contributed by atoms with Gasteiger partial charge in [-0.05, 0) is 67.2 Å². The number of fused-ring (bicyclic) bond motifs is 1. The lowest BCUT2D eigenvalue weighted by molar-refractivity contribution is 0.137. The first-order valence-electron chi connectivity index (χ1n) is 5.95. The molecule has 0 amide bonds. The molecule has 1 heterocycles. The van der Waals surface area contributed by atoms with Crippen molar-refractivity contribution in [2.24, 2.45) is 5.73 Å². The Morgan fingerprint density at radius 2 is 2.06 bits per heavy atom. The number of ether oxygens (including phenoxy) is 1. The first-order valence-corrected chi connectivity index (χ1v) is 6.75. The van der Waals surface area contributed by atoms with Crippen LogP contribution in [0.5, 0.6) is 5.75 Å². The molecule has 1 aromatic carbocycles. The maximum atomic E-state index is 6.07. The van der Waals surface area contributed by atoms with Crippen LogP contribution in [0.2, 0.25) is 0 Å². The first-order chi connectivity index (χ1) is 7.66. The molecule has 0 saturated carbocycles. The molecule has 1 aliphatic heterocycles. The zero-order valence-electron chi connectivity index (χ0n) is 10.9. The molecule has 1 aliphatic rings. The standard InChI is InChI=1S/C14H20BrNO/c1-13(2,16)7-9-5-10-8-14(3,4)17-12(10)11(15)6-9/h5-6H,7-8,16H2,1-4H3. The molecule has 0 aromatic heterocycles. The fourth-order valence-corrected chi connectivity index (χ4v) is 2.99. The Hall–Kier alpha value is -0.540. The third-order valence-electron chi connectivity index (χ3n) is 2.83. The molecule has 3 heteroatoms. The van der Waals surface area contributed by atoms with E-state index in [2.05, 4.69) is 55.8 Å². The predicted octanol–water partition coefficient (Wildman–Crippen LogP) is 3.44. The van der Waals surface area contributed by atoms with Gasteiger partial charge in [-0.3, -0.25) is 0 Å². The van der Waals surface area contributed by atoms with Gasteiger partial charge in [0.1, 0.15) is 11.4 Å². The predicted molar refractivity (Wildman–Crippen MR) is 74.5 cm³/mol. The van der Waals surface area contributed by atoms with Crippen LogP contribution in [0.25, 0.3) is 0 Å². The second-order valence-corrected chi connectivity index (χ2v) is 7.12. The summed E-state index contributed by atoms with van der Waals surface area (Å²) in [6.07, 6.45) is 1.83. The van der Waals surface area contributed by atoms with E-state index in [1.54, 1.807) is 0 Å². The summed E-state index contributed by atoms with van der Waals surface area (Å²) in [7, 11) is 0. The average Bonchev–Trinajstić information content (AvgIpc) is 2.36. The average molecular weight is 298 g/mol. The number of rotatable bonds is 2. The number of halogens is 1. The second-order valence-electron chi connectivity index (χ2n) is 6.27. The van der Waals surface area contributed by atoms with Gasteiger partial charge in [-0.1, -0.05) is 6.07 Å². The van der Waals surface area contributed by atoms with E-state index in [0.29, 0.717) is 0 Å². The van der Waals surface area contributed by atoms with Gasteiger partial charge in [0.15, 0.2) is 0 Å². The van der Waals surface area contributed by atoms with Gasteiger partial charge in [-0.25, -0.2) is 0 Å². The smallest absolute Gasteiger partial charge is 0.137 e. The molecule has 2 rings (SSSR count). The molecule has 0 spiro atoms. The van der Waals surface area contributed by atoms with E-state index in [1.807, 2.05) is 0 Å². The molecule has 0 fully saturated rings. The van der Waals surface area contributed by atoms with Gasteiger partial charge in [0.2, 0.25) is 0 Å². The molecule has 0 bridgehead atoms. The van der Waals surface area contributed by atoms with Gasteiger partial charge in [0.25, 0.3) is 0 Å². The van der Waals surface area contributed by atoms with Crippen LogP contribution < -0.4 is 10.5 Å². The van der Waals surface area contributed by atoms with Gasteiger partial charge in [0.05, 0.1) is 4.47 Å². The van der Waals surface area contributed by atoms with Crippen molar-refractivity contribution < 1.29 is 4.74 Å². The van der Waals surface area contributed by atoms with Crippen LogP contribution in [0.3, 0.4) is 0 Å². The molecule has 0 aliphatic carbocycles. The molecular weight excluding hydrogens is 278 g/mol. The maximum Gasteiger partial charge on any atom is 0.137 e. The normalized spacial score (nSPS) is 17.8. The highest BCUT2D eigenvalue weighted by atomic mass is 79.9. The molecule has 2 nitrogen and oxygen atoms in total. The zero-order chi connectivity index (χ0) is 12.8. The van der Waals surface area contributed by atoms with E-state index in [1.165, 1.54) is 11.1 Å². The van der Waals surface area contributed by atoms with Crippen LogP contribution >= 0.6 is 15.9 Å². The van der Waals surface area contributed by atoms with E-state index in [-0.39, 0.29) is 11.1 Å². The van der Waals surface area contributed by atoms with Crippen molar-refractivity contribution in [1.29, 1.82) is 0 Å². The van der Waals surface area contributed by atoms with Crippen LogP contribution in [0, 0.1) is 0 Å². The molecule has 2 N–H and O–H groups in total. The molecular formula is C14H20BrNO. The molecule has 94 valence electrons. The van der Waals surface area contributed by atoms with E-state index in [9.17, 15) is 0 Å². The lowest BCUT2D eigenvalue weighted by Crippen LogP contribution is -2.34. The van der Waals surface area contributed by atoms with Gasteiger partial charge in [0, 0.05) is 12.0 Å². The fraction of sp³-hybridized carbons (Fsp3) is 0.571. The minimum absolute atomic E-state index is 0.0955. The summed E-state index contributed by atoms with van der Waals surface area (Å²) in [4.78, 5) is 0. The zero-order valence-corrected chi connectivity index (χ0v) is 12.5. The second kappa shape index (κ2) is 3.99. The molecule has 17 heavy (non-hydrogen) atoms. The summed E-state index contributed by atoms with van der Waals surface area (Å²) in [5.74, 6) is 0.994. The highest BCUT2D eigenvalue weighted by Crippen LogP contribution is 2.41. The van der Waals surface area contributed by atoms with Crippen molar-refractivity contribution in [3.05, 3.63) is 27.7 Å². The SMILES string of the molecule is CC(C)(N)Cc1cc(Br)c2c(c1)CC(C)(C)O2. The van der Waals surface area contributed by atoms with Crippen molar-refractivity contribution in [2.45, 2.75) is 51.7 Å². The third-order valence-corrected chi connectivity index (χ3v) is 3.42. The first kappa shape index (κ1) is 12.9. The summed E-state index contributed by atoms with van der Waals surface area (Å²) in [6.45, 7) is 8.33. The largest absolute Gasteiger partial charge is 0.486 e. The summed E-state index contributed by atoms with van der Waals surface area (Å²) < 4.78 is 6.97. The number of benzene rings is 1. The highest BCUT2D eigenvalue weighted by Gasteiger charge is 2.32. The highest BCUT2D eigenvalue weighted by molar-refractivity contribution is 9.10. The van der Waals surface area contributed by atoms with E-state index in [0.717, 1.165) is 23.1 Å². The quantitative estimate of drug-likeness (QED) is 0.907. The third kappa shape index (κ3) is 3.02. The maximum absolute atomic E-state index is 6.07. The van der Waals surface area contributed by atoms with Crippen LogP contribution in [-0.4, -0.2) is 11.1 Å². The lowest BCUT2D eigenvalue weighted by atomic mass is 9.93. The van der Waals surface area contributed by atoms with E-state index in [4.69, 9.17) is 10.5 Å². The Kier molecular flexibility index (Phi) is 3.03. The van der Waals surface area contributed by atoms with Crippen LogP contribution in [0.4, 0.5) is 0 Å². The molecule has 0 atom stereocenters. The van der Waals surface area contributed by atoms with Crippen LogP contribution in [0.15, 0.2) is 16.6 Å². The van der Waals surface area contributed by atoms with E-state index >= 15 is 0 Å². The fourth-order valence-electron chi connectivity index (χ4n) is 2.36. The number of hydrogen-bond acceptors (Lipinski definition) is 2. The topological polar surface area (TPSA) is 35.2 Å². The molecule has 0 unspecified atom stereocenters. The number of hydrogen-bond donors (Lipinski definition) is 1. The lowest BCUT2D eigenvalue weighted by Gasteiger charge is -2.19. The van der Waals surface area contributed by atoms with E-state index < -0.39 is 0 Å². The van der Waals surface area contributed by atoms with Crippen LogP contribution in [-0.2, 0) is 12.8 Å². The molecule has 0 saturated heterocycles. The van der Waals surface area contributed by atoms with Crippen molar-refractivity contribution >= 4 is 15.9 Å². The Morgan fingerprint density at radius 1 is 1.41 bits per heavy atom. The van der Waals surface area contributed by atoms with Gasteiger partial charge in [-0.15, -0.1) is 0 Å². The Labute approximate surface area is 112 Å². The minimum Gasteiger partial charge on any atom is -0.486 e. The molecule has 0 radical (unpaired) electrons. The Balaban J connectivity index is 2.34. The van der Waals surface area contributed by atoms with Gasteiger partial charge < -0.3 is 10.5 Å². The monoisotopic (exact) mass is 297 g/mol. The van der Waals surface area contributed by atoms with Crippen molar-refractivity contribution in [3.63, 3.8) is 0 Å². The Morgan fingerprint density at radius 3 is 2.65 bits per heavy atom. The summed E-state index contributed by atoms with van der Waals surface area (Å²) in [6, 6.07) is 4.35. The minimum atomic E-state index is -0.178. The summed E-state index contributed by atoms with van der Waals surface area (Å²) in [5.41, 5.74) is 8.35. The van der Waals surface area contributed by atoms with Crippen LogP contribution in [0.1, 0.15) is 38.8 Å². The van der Waals surface area contributed by atoms with Gasteiger partial charge >= 0.3 is 0 Å². The number of nitrogens with two attached hydrogens (primary N) is 1. The van der Waals surface area contributed by atoms with Gasteiger partial charge in [-0.2, -0.15) is 0 Å². The molecule has 1 aromatic rings. The Bertz CT molecular complexity index is 446. The summed E-state index contributed by atoms with van der Waals surface area (Å²) in [5, 5.41) is 0. The van der Waals surface area contributed by atoms with Crippen molar-refractivity contribution in [3.8, 4) is 5.75 Å². The summed E-state index contributed by atoms with van der Waals surface area (Å²) >= 11 is 3.59. The van der Waals surface area contributed by atoms with Crippen molar-refractivity contribution in [2.75, 3.05) is 0 Å². The van der Waals surface area contributed by atoms with Crippen molar-refractivity contribution in [1.82, 2.24) is 0 Å².